The first kappa shape index (κ1) is 19.4. The predicted octanol–water partition coefficient (Wildman–Crippen LogP) is 2.73. The fraction of sp³-hybridized carbons (Fsp3) is 0.409. The van der Waals surface area contributed by atoms with Crippen LogP contribution in [0.15, 0.2) is 59.6 Å². The molecule has 0 radical (unpaired) electrons. The van der Waals surface area contributed by atoms with Crippen molar-refractivity contribution in [1.29, 1.82) is 0 Å². The summed E-state index contributed by atoms with van der Waals surface area (Å²) in [5, 5.41) is 6.92. The van der Waals surface area contributed by atoms with Crippen LogP contribution in [-0.4, -0.2) is 50.8 Å². The zero-order valence-electron chi connectivity index (χ0n) is 16.3. The number of aliphatic imine (C=N–C) groups is 1. The minimum atomic E-state index is 0.299. The molecule has 2 N–H and O–H groups in total. The van der Waals surface area contributed by atoms with Crippen LogP contribution in [0, 0.1) is 6.92 Å². The number of benzene rings is 2. The summed E-state index contributed by atoms with van der Waals surface area (Å²) < 4.78 is 5.53. The highest BCUT2D eigenvalue weighted by atomic mass is 16.5. The number of aryl methyl sites for hydroxylation is 1. The number of ether oxygens (including phenoxy) is 1. The van der Waals surface area contributed by atoms with Crippen LogP contribution in [0.5, 0.6) is 0 Å². The van der Waals surface area contributed by atoms with E-state index in [9.17, 15) is 0 Å². The number of nitrogens with one attached hydrogen (secondary N) is 2. The van der Waals surface area contributed by atoms with E-state index >= 15 is 0 Å². The van der Waals surface area contributed by atoms with Crippen molar-refractivity contribution in [2.75, 3.05) is 39.9 Å². The van der Waals surface area contributed by atoms with Crippen LogP contribution in [0.2, 0.25) is 0 Å². The van der Waals surface area contributed by atoms with Gasteiger partial charge in [0.1, 0.15) is 0 Å². The molecule has 1 aliphatic rings. The Labute approximate surface area is 162 Å². The molecule has 1 aliphatic heterocycles. The summed E-state index contributed by atoms with van der Waals surface area (Å²) in [6.07, 6.45) is 0. The van der Waals surface area contributed by atoms with Gasteiger partial charge < -0.3 is 15.4 Å². The summed E-state index contributed by atoms with van der Waals surface area (Å²) in [6.45, 7) is 7.18. The van der Waals surface area contributed by atoms with Crippen LogP contribution in [0.25, 0.3) is 0 Å². The van der Waals surface area contributed by atoms with Crippen LogP contribution in [0.4, 0.5) is 0 Å². The molecule has 2 aromatic carbocycles. The Kier molecular flexibility index (Phi) is 7.25. The minimum Gasteiger partial charge on any atom is -0.379 e. The largest absolute Gasteiger partial charge is 0.379 e. The highest BCUT2D eigenvalue weighted by molar-refractivity contribution is 5.79. The molecule has 1 fully saturated rings. The number of morpholine rings is 1. The maximum absolute atomic E-state index is 5.53. The minimum absolute atomic E-state index is 0.299. The number of rotatable bonds is 6. The van der Waals surface area contributed by atoms with E-state index in [1.54, 1.807) is 0 Å². The van der Waals surface area contributed by atoms with Gasteiger partial charge in [-0.1, -0.05) is 60.2 Å². The van der Waals surface area contributed by atoms with Crippen molar-refractivity contribution in [3.8, 4) is 0 Å². The van der Waals surface area contributed by atoms with E-state index in [1.807, 2.05) is 7.05 Å². The Bertz CT molecular complexity index is 726. The molecule has 144 valence electrons. The van der Waals surface area contributed by atoms with Crippen LogP contribution in [-0.2, 0) is 11.3 Å². The van der Waals surface area contributed by atoms with E-state index in [4.69, 9.17) is 4.74 Å². The Morgan fingerprint density at radius 3 is 2.56 bits per heavy atom. The number of hydrogen-bond donors (Lipinski definition) is 2. The number of guanidine groups is 1. The lowest BCUT2D eigenvalue weighted by molar-refractivity contribution is 0.0170. The molecule has 1 unspecified atom stereocenters. The van der Waals surface area contributed by atoms with Crippen molar-refractivity contribution in [3.05, 3.63) is 71.3 Å². The lowest BCUT2D eigenvalue weighted by Crippen LogP contribution is -2.46. The maximum Gasteiger partial charge on any atom is 0.191 e. The monoisotopic (exact) mass is 366 g/mol. The van der Waals surface area contributed by atoms with Gasteiger partial charge in [0.25, 0.3) is 0 Å². The summed E-state index contributed by atoms with van der Waals surface area (Å²) >= 11 is 0. The van der Waals surface area contributed by atoms with Gasteiger partial charge in [-0.25, -0.2) is 0 Å². The van der Waals surface area contributed by atoms with Crippen LogP contribution >= 0.6 is 0 Å². The van der Waals surface area contributed by atoms with Gasteiger partial charge in [-0.3, -0.25) is 9.89 Å². The van der Waals surface area contributed by atoms with Crippen molar-refractivity contribution < 1.29 is 4.74 Å². The molecule has 2 aromatic rings. The summed E-state index contributed by atoms with van der Waals surface area (Å²) in [4.78, 5) is 6.87. The summed E-state index contributed by atoms with van der Waals surface area (Å²) in [5.74, 6) is 0.825. The normalized spacial score (nSPS) is 16.7. The molecule has 5 heteroatoms. The molecule has 1 atom stereocenters. The van der Waals surface area contributed by atoms with Gasteiger partial charge in [0, 0.05) is 33.2 Å². The van der Waals surface area contributed by atoms with E-state index in [0.29, 0.717) is 6.04 Å². The zero-order valence-corrected chi connectivity index (χ0v) is 16.3. The molecule has 0 bridgehead atoms. The molecule has 3 rings (SSSR count). The van der Waals surface area contributed by atoms with E-state index in [-0.39, 0.29) is 0 Å². The molecule has 0 aliphatic carbocycles. The molecule has 5 nitrogen and oxygen atoms in total. The summed E-state index contributed by atoms with van der Waals surface area (Å²) in [7, 11) is 1.82. The lowest BCUT2D eigenvalue weighted by atomic mass is 10.0. The molecular formula is C22H30N4O. The first-order chi connectivity index (χ1) is 13.3. The van der Waals surface area contributed by atoms with Gasteiger partial charge in [-0.05, 0) is 18.1 Å². The van der Waals surface area contributed by atoms with Gasteiger partial charge >= 0.3 is 0 Å². The van der Waals surface area contributed by atoms with Gasteiger partial charge in [0.2, 0.25) is 0 Å². The lowest BCUT2D eigenvalue weighted by Gasteiger charge is -2.35. The Hall–Kier alpha value is -2.37. The highest BCUT2D eigenvalue weighted by Crippen LogP contribution is 2.21. The molecular weight excluding hydrogens is 336 g/mol. The quantitative estimate of drug-likeness (QED) is 0.610. The van der Waals surface area contributed by atoms with Crippen molar-refractivity contribution in [2.24, 2.45) is 4.99 Å². The van der Waals surface area contributed by atoms with Crippen molar-refractivity contribution in [1.82, 2.24) is 15.5 Å². The fourth-order valence-corrected chi connectivity index (χ4v) is 3.44. The third kappa shape index (κ3) is 5.81. The zero-order chi connectivity index (χ0) is 18.9. The Balaban J connectivity index is 1.60. The Morgan fingerprint density at radius 2 is 1.85 bits per heavy atom. The standard InChI is InChI=1S/C22H30N4O/c1-18-7-6-8-19(15-18)16-24-22(23-2)25-17-21(20-9-4-3-5-10-20)26-11-13-27-14-12-26/h3-10,15,21H,11-14,16-17H2,1-2H3,(H2,23,24,25). The third-order valence-electron chi connectivity index (χ3n) is 4.90. The van der Waals surface area contributed by atoms with Gasteiger partial charge in [0.05, 0.1) is 19.3 Å². The maximum atomic E-state index is 5.53. The van der Waals surface area contributed by atoms with Gasteiger partial charge in [-0.15, -0.1) is 0 Å². The third-order valence-corrected chi connectivity index (χ3v) is 4.90. The summed E-state index contributed by atoms with van der Waals surface area (Å²) in [5.41, 5.74) is 3.85. The smallest absolute Gasteiger partial charge is 0.191 e. The second kappa shape index (κ2) is 10.1. The second-order valence-electron chi connectivity index (χ2n) is 6.87. The van der Waals surface area contributed by atoms with Crippen LogP contribution in [0.1, 0.15) is 22.7 Å². The fourth-order valence-electron chi connectivity index (χ4n) is 3.44. The molecule has 0 saturated carbocycles. The van der Waals surface area contributed by atoms with E-state index < -0.39 is 0 Å². The van der Waals surface area contributed by atoms with E-state index in [0.717, 1.165) is 45.4 Å². The van der Waals surface area contributed by atoms with Crippen molar-refractivity contribution >= 4 is 5.96 Å². The topological polar surface area (TPSA) is 48.9 Å². The number of hydrogen-bond acceptors (Lipinski definition) is 3. The van der Waals surface area contributed by atoms with Gasteiger partial charge in [-0.2, -0.15) is 0 Å². The first-order valence-electron chi connectivity index (χ1n) is 9.63. The average Bonchev–Trinajstić information content (AvgIpc) is 2.72. The molecule has 27 heavy (non-hydrogen) atoms. The molecule has 0 spiro atoms. The molecule has 1 saturated heterocycles. The highest BCUT2D eigenvalue weighted by Gasteiger charge is 2.22. The van der Waals surface area contributed by atoms with E-state index in [1.165, 1.54) is 16.7 Å². The molecule has 0 aromatic heterocycles. The van der Waals surface area contributed by atoms with Crippen molar-refractivity contribution in [2.45, 2.75) is 19.5 Å². The summed E-state index contributed by atoms with van der Waals surface area (Å²) in [6, 6.07) is 19.5. The number of nitrogens with zero attached hydrogens (tertiary/aromatic N) is 2. The van der Waals surface area contributed by atoms with Crippen molar-refractivity contribution in [3.63, 3.8) is 0 Å². The molecule has 1 heterocycles. The average molecular weight is 367 g/mol. The van der Waals surface area contributed by atoms with Crippen LogP contribution in [0.3, 0.4) is 0 Å². The predicted molar refractivity (Wildman–Crippen MR) is 111 cm³/mol. The second-order valence-corrected chi connectivity index (χ2v) is 6.87. The Morgan fingerprint density at radius 1 is 1.07 bits per heavy atom. The SMILES string of the molecule is CN=C(NCc1cccc(C)c1)NCC(c1ccccc1)N1CCOCC1. The van der Waals surface area contributed by atoms with Crippen LogP contribution < -0.4 is 10.6 Å². The van der Waals surface area contributed by atoms with Gasteiger partial charge in [0.15, 0.2) is 5.96 Å². The molecule has 0 amide bonds. The first-order valence-corrected chi connectivity index (χ1v) is 9.63. The van der Waals surface area contributed by atoms with E-state index in [2.05, 4.69) is 82.0 Å².